The molecule has 1 N–H and O–H groups in total. The highest BCUT2D eigenvalue weighted by atomic mass is 79.9. The third-order valence-corrected chi connectivity index (χ3v) is 7.17. The second-order valence-corrected chi connectivity index (χ2v) is 13.9. The van der Waals surface area contributed by atoms with E-state index in [0.717, 1.165) is 20.1 Å². The zero-order valence-electron chi connectivity index (χ0n) is 32.5. The number of H-pyrrole nitrogens is 1. The second kappa shape index (κ2) is 29.5. The molecule has 20 heteroatoms. The number of alkyl halides is 8. The number of aromatic nitrogens is 3. The molecule has 1 heterocycles. The van der Waals surface area contributed by atoms with E-state index in [9.17, 15) is 35.1 Å². The van der Waals surface area contributed by atoms with E-state index in [1.165, 1.54) is 21.3 Å². The summed E-state index contributed by atoms with van der Waals surface area (Å²) in [7, 11) is 4.49. The number of methoxy groups -OCH3 is 3. The molecule has 10 nitrogen and oxygen atoms in total. The molecule has 0 aliphatic carbocycles. The summed E-state index contributed by atoms with van der Waals surface area (Å²) in [6.45, 7) is -2.36. The van der Waals surface area contributed by atoms with Crippen molar-refractivity contribution in [2.75, 3.05) is 47.8 Å². The molecule has 5 aromatic rings. The van der Waals surface area contributed by atoms with E-state index in [2.05, 4.69) is 64.0 Å². The minimum Gasteiger partial charge on any atom is -0.497 e. The van der Waals surface area contributed by atoms with Gasteiger partial charge >= 0.3 is 0 Å². The van der Waals surface area contributed by atoms with Crippen LogP contribution in [0.3, 0.4) is 0 Å². The lowest BCUT2D eigenvalue weighted by Gasteiger charge is -2.05. The van der Waals surface area contributed by atoms with Gasteiger partial charge in [0.05, 0.1) is 24.7 Å². The number of benzene rings is 4. The molecule has 0 amide bonds. The van der Waals surface area contributed by atoms with Gasteiger partial charge in [-0.1, -0.05) is 12.1 Å². The van der Waals surface area contributed by atoms with Crippen molar-refractivity contribution in [3.8, 4) is 57.9 Å². The van der Waals surface area contributed by atoms with E-state index in [4.69, 9.17) is 28.4 Å². The second-order valence-electron chi connectivity index (χ2n) is 11.1. The molecular weight excluding hydrogens is 958 g/mol. The van der Waals surface area contributed by atoms with E-state index in [-0.39, 0.29) is 0 Å². The Hall–Kier alpha value is -5.68. The maximum atomic E-state index is 12.0. The van der Waals surface area contributed by atoms with Gasteiger partial charge in [-0.15, -0.1) is 5.10 Å². The Morgan fingerprint density at radius 2 is 0.951 bits per heavy atom. The van der Waals surface area contributed by atoms with Crippen LogP contribution in [0.4, 0.5) is 35.1 Å². The highest BCUT2D eigenvalue weighted by molar-refractivity contribution is 9.28. The average molecular weight is 998 g/mol. The lowest BCUT2D eigenvalue weighted by molar-refractivity contribution is 0.0817. The third kappa shape index (κ3) is 23.0. The number of hydrogen-bond acceptors (Lipinski definition) is 9. The summed E-state index contributed by atoms with van der Waals surface area (Å²) in [6, 6.07) is 26.4. The van der Waals surface area contributed by atoms with Crippen molar-refractivity contribution in [3.63, 3.8) is 0 Å². The highest BCUT2D eigenvalue weighted by Gasteiger charge is 2.11. The van der Waals surface area contributed by atoms with Gasteiger partial charge in [0.25, 0.3) is 31.6 Å². The van der Waals surface area contributed by atoms with Crippen LogP contribution in [0, 0.1) is 12.0 Å². The average Bonchev–Trinajstić information content (AvgIpc) is 3.74. The van der Waals surface area contributed by atoms with Gasteiger partial charge in [-0.05, 0) is 134 Å². The molecule has 5 rings (SSSR count). The molecule has 0 aliphatic rings. The van der Waals surface area contributed by atoms with E-state index >= 15 is 0 Å². The number of nitrogens with one attached hydrogen (secondary N) is 1. The van der Waals surface area contributed by atoms with Crippen molar-refractivity contribution in [1.82, 2.24) is 15.4 Å². The lowest BCUT2D eigenvalue weighted by Crippen LogP contribution is -2.06. The van der Waals surface area contributed by atoms with Gasteiger partial charge in [0.1, 0.15) is 61.3 Å². The van der Waals surface area contributed by atoms with Crippen LogP contribution < -0.4 is 28.4 Å². The molecule has 0 radical (unpaired) electrons. The Kier molecular flexibility index (Phi) is 24.9. The Balaban J connectivity index is 0.000000282. The standard InChI is InChI=1S/C11H11F2N3O2.C11H10F2O2.C10H8Br2F2O.C9H10F2O2/c1-17-11-10(14-16-15-11)7-2-4-8(5-3-7)18-6-9(12)13;1-14-7-6-9-2-4-10(5-3-9)15-8-11(12)13;11-9(12)5-7-1-3-8(4-2-7)15-6-10(13)14;1-12-7-2-4-8(5-3-7)13-6-9(10)11/h2-5,9H,6H2,1H3,(H,14,15,16);2-5,11H,8H2,1H3;1-5,10H,6H2;2-5,9H,6H2,1H3. The van der Waals surface area contributed by atoms with Crippen LogP contribution in [0.25, 0.3) is 17.3 Å². The normalized spacial score (nSPS) is 10.1. The number of halogens is 10. The smallest absolute Gasteiger partial charge is 0.272 e. The third-order valence-electron chi connectivity index (χ3n) is 6.71. The highest BCUT2D eigenvalue weighted by Crippen LogP contribution is 2.27. The summed E-state index contributed by atoms with van der Waals surface area (Å²) in [4.78, 5) is 0. The molecule has 0 bridgehead atoms. The fourth-order valence-electron chi connectivity index (χ4n) is 4.10. The Morgan fingerprint density at radius 3 is 1.33 bits per heavy atom. The number of aromatic amines is 1. The Morgan fingerprint density at radius 1 is 0.557 bits per heavy atom. The number of hydrogen-bond donors (Lipinski definition) is 1. The topological polar surface area (TPSA) is 106 Å². The first-order valence-corrected chi connectivity index (χ1v) is 18.9. The molecule has 0 atom stereocenters. The fourth-order valence-corrected chi connectivity index (χ4v) is 4.63. The van der Waals surface area contributed by atoms with Crippen molar-refractivity contribution < 1.29 is 68.3 Å². The van der Waals surface area contributed by atoms with Crippen LogP contribution >= 0.6 is 31.9 Å². The van der Waals surface area contributed by atoms with E-state index in [1.54, 1.807) is 97.1 Å². The summed E-state index contributed by atoms with van der Waals surface area (Å²) in [5.74, 6) is 5.39. The van der Waals surface area contributed by atoms with Crippen molar-refractivity contribution in [3.05, 3.63) is 112 Å². The molecule has 0 saturated carbocycles. The molecule has 61 heavy (non-hydrogen) atoms. The summed E-state index contributed by atoms with van der Waals surface area (Å²) >= 11 is 6.45. The fraction of sp³-hybridized carbons (Fsp3) is 0.268. The van der Waals surface area contributed by atoms with Crippen LogP contribution in [0.5, 0.6) is 34.6 Å². The van der Waals surface area contributed by atoms with Crippen molar-refractivity contribution in [1.29, 1.82) is 0 Å². The molecule has 1 aromatic heterocycles. The summed E-state index contributed by atoms with van der Waals surface area (Å²) in [5.41, 5.74) is 2.99. The maximum absolute atomic E-state index is 12.0. The minimum absolute atomic E-state index is 0.372. The predicted octanol–water partition coefficient (Wildman–Crippen LogP) is 11.2. The zero-order valence-corrected chi connectivity index (χ0v) is 35.7. The summed E-state index contributed by atoms with van der Waals surface area (Å²) in [5, 5.41) is 10.2. The van der Waals surface area contributed by atoms with Crippen LogP contribution in [0.1, 0.15) is 11.1 Å². The van der Waals surface area contributed by atoms with E-state index < -0.39 is 52.1 Å². The van der Waals surface area contributed by atoms with Gasteiger partial charge in [-0.2, -0.15) is 10.3 Å². The summed E-state index contributed by atoms with van der Waals surface area (Å²) < 4.78 is 129. The van der Waals surface area contributed by atoms with Crippen molar-refractivity contribution in [2.45, 2.75) is 25.7 Å². The molecule has 330 valence electrons. The first kappa shape index (κ1) is 51.5. The van der Waals surface area contributed by atoms with Gasteiger partial charge in [-0.3, -0.25) is 0 Å². The van der Waals surface area contributed by atoms with Crippen LogP contribution in [0.2, 0.25) is 0 Å². The molecule has 0 aliphatic heterocycles. The van der Waals surface area contributed by atoms with E-state index in [1.807, 2.05) is 6.08 Å². The monoisotopic (exact) mass is 995 g/mol. The Labute approximate surface area is 363 Å². The van der Waals surface area contributed by atoms with Gasteiger partial charge in [-0.25, -0.2) is 35.1 Å². The predicted molar refractivity (Wildman–Crippen MR) is 220 cm³/mol. The molecular formula is C41H39Br2F8N3O7. The molecule has 4 aromatic carbocycles. The van der Waals surface area contributed by atoms with Crippen molar-refractivity contribution >= 4 is 37.9 Å². The van der Waals surface area contributed by atoms with Gasteiger partial charge in [0.15, 0.2) is 5.69 Å². The number of ether oxygens (including phenoxy) is 7. The molecule has 0 saturated heterocycles. The molecule has 0 spiro atoms. The maximum Gasteiger partial charge on any atom is 0.272 e. The lowest BCUT2D eigenvalue weighted by atomic mass is 10.1. The van der Waals surface area contributed by atoms with Gasteiger partial charge in [0, 0.05) is 11.1 Å². The molecule has 0 fully saturated rings. The first-order chi connectivity index (χ1) is 29.2. The first-order valence-electron chi connectivity index (χ1n) is 17.3. The molecule has 0 unspecified atom stereocenters. The number of nitrogens with zero attached hydrogens (tertiary/aromatic N) is 2. The quantitative estimate of drug-likeness (QED) is 0.0764. The van der Waals surface area contributed by atoms with Gasteiger partial charge < -0.3 is 33.2 Å². The zero-order chi connectivity index (χ0) is 45.0. The van der Waals surface area contributed by atoms with Crippen LogP contribution in [-0.4, -0.2) is 88.9 Å². The Bertz CT molecular complexity index is 2010. The SMILES string of the molecule is COC#Cc1ccc(OCC(F)F)cc1.COc1ccc(OCC(F)F)cc1.COc1n[nH]nc1-c1ccc(OCC(F)F)cc1.FC(F)COc1ccc(C=C(Br)Br)cc1. The largest absolute Gasteiger partial charge is 0.497 e. The minimum atomic E-state index is -2.49. The van der Waals surface area contributed by atoms with Crippen LogP contribution in [-0.2, 0) is 4.74 Å². The van der Waals surface area contributed by atoms with Crippen molar-refractivity contribution in [2.24, 2.45) is 0 Å². The number of rotatable bonds is 16. The summed E-state index contributed by atoms with van der Waals surface area (Å²) in [6.07, 6.45) is -5.56. The van der Waals surface area contributed by atoms with Crippen LogP contribution in [0.15, 0.2) is 100 Å². The van der Waals surface area contributed by atoms with Gasteiger partial charge in [0.2, 0.25) is 0 Å². The van der Waals surface area contributed by atoms with E-state index in [0.29, 0.717) is 40.3 Å².